The number of ether oxygens (including phenoxy) is 1. The molecule has 72 valence electrons. The fraction of sp³-hybridized carbons (Fsp3) is 0.875. The first-order valence-corrected chi connectivity index (χ1v) is 5.23. The minimum absolute atomic E-state index is 0.0274. The van der Waals surface area contributed by atoms with Crippen molar-refractivity contribution in [1.29, 1.82) is 0 Å². The van der Waals surface area contributed by atoms with Crippen LogP contribution in [0, 0.1) is 0 Å². The van der Waals surface area contributed by atoms with Crippen LogP contribution < -0.4 is 5.32 Å². The smallest absolute Gasteiger partial charge is 0.230 e. The predicted molar refractivity (Wildman–Crippen MR) is 52.5 cm³/mol. The molecule has 0 heterocycles. The summed E-state index contributed by atoms with van der Waals surface area (Å²) >= 11 is 3.06. The fourth-order valence-corrected chi connectivity index (χ4v) is 0.865. The molecule has 0 saturated heterocycles. The van der Waals surface area contributed by atoms with Gasteiger partial charge in [0, 0.05) is 13.2 Å². The van der Waals surface area contributed by atoms with Crippen LogP contribution in [-0.4, -0.2) is 30.5 Å². The second kappa shape index (κ2) is 7.55. The van der Waals surface area contributed by atoms with Crippen molar-refractivity contribution in [3.63, 3.8) is 0 Å². The lowest BCUT2D eigenvalue weighted by molar-refractivity contribution is -0.118. The number of amides is 1. The van der Waals surface area contributed by atoms with Gasteiger partial charge in [0.05, 0.1) is 11.4 Å². The Labute approximate surface area is 82.0 Å². The first-order chi connectivity index (χ1) is 5.66. The van der Waals surface area contributed by atoms with Crippen molar-refractivity contribution in [3.05, 3.63) is 0 Å². The number of hydrogen-bond donors (Lipinski definition) is 1. The third-order valence-corrected chi connectivity index (χ3v) is 1.73. The van der Waals surface area contributed by atoms with Crippen LogP contribution in [0.5, 0.6) is 0 Å². The number of halogens is 1. The van der Waals surface area contributed by atoms with E-state index < -0.39 is 0 Å². The van der Waals surface area contributed by atoms with E-state index in [9.17, 15) is 4.79 Å². The van der Waals surface area contributed by atoms with E-state index in [-0.39, 0.29) is 12.0 Å². The molecule has 1 N–H and O–H groups in total. The molecule has 4 heteroatoms. The number of carbonyl (C=O) groups excluding carboxylic acids is 1. The number of rotatable bonds is 6. The summed E-state index contributed by atoms with van der Waals surface area (Å²) in [4.78, 5) is 10.7. The van der Waals surface area contributed by atoms with E-state index in [1.54, 1.807) is 0 Å². The molecule has 0 radical (unpaired) electrons. The third kappa shape index (κ3) is 8.01. The number of hydrogen-bond acceptors (Lipinski definition) is 2. The predicted octanol–water partition coefficient (Wildman–Crippen LogP) is 1.31. The van der Waals surface area contributed by atoms with Crippen LogP contribution in [0.3, 0.4) is 0 Å². The zero-order chi connectivity index (χ0) is 9.40. The Kier molecular flexibility index (Phi) is 7.50. The third-order valence-electron chi connectivity index (χ3n) is 1.22. The molecule has 0 spiro atoms. The molecule has 1 amide bonds. The number of alkyl halides is 1. The van der Waals surface area contributed by atoms with Crippen LogP contribution in [-0.2, 0) is 9.53 Å². The largest absolute Gasteiger partial charge is 0.379 e. The van der Waals surface area contributed by atoms with Gasteiger partial charge in [-0.25, -0.2) is 0 Å². The van der Waals surface area contributed by atoms with E-state index >= 15 is 0 Å². The van der Waals surface area contributed by atoms with Crippen LogP contribution in [0.4, 0.5) is 0 Å². The summed E-state index contributed by atoms with van der Waals surface area (Å²) in [6, 6.07) is 0. The molecule has 0 saturated carbocycles. The lowest BCUT2D eigenvalue weighted by Crippen LogP contribution is -2.26. The molecule has 0 fully saturated rings. The van der Waals surface area contributed by atoms with E-state index in [1.807, 2.05) is 13.8 Å². The Morgan fingerprint density at radius 3 is 2.75 bits per heavy atom. The molecule has 0 unspecified atom stereocenters. The SMILES string of the molecule is CC(C)OCCCNC(=O)CBr. The van der Waals surface area contributed by atoms with Crippen molar-refractivity contribution < 1.29 is 9.53 Å². The zero-order valence-corrected chi connectivity index (χ0v) is 9.19. The van der Waals surface area contributed by atoms with Gasteiger partial charge in [0.25, 0.3) is 0 Å². The van der Waals surface area contributed by atoms with E-state index in [4.69, 9.17) is 4.74 Å². The minimum Gasteiger partial charge on any atom is -0.379 e. The second-order valence-corrected chi connectivity index (χ2v) is 3.32. The second-order valence-electron chi connectivity index (χ2n) is 2.76. The zero-order valence-electron chi connectivity index (χ0n) is 7.60. The maximum atomic E-state index is 10.7. The highest BCUT2D eigenvalue weighted by atomic mass is 79.9. The van der Waals surface area contributed by atoms with Gasteiger partial charge in [0.2, 0.25) is 5.91 Å². The van der Waals surface area contributed by atoms with Crippen LogP contribution in [0.2, 0.25) is 0 Å². The van der Waals surface area contributed by atoms with Crippen molar-refractivity contribution in [2.45, 2.75) is 26.4 Å². The van der Waals surface area contributed by atoms with Gasteiger partial charge in [-0.05, 0) is 20.3 Å². The Bertz CT molecular complexity index is 128. The summed E-state index contributed by atoms with van der Waals surface area (Å²) in [5.74, 6) is 0.0274. The van der Waals surface area contributed by atoms with Crippen molar-refractivity contribution in [3.8, 4) is 0 Å². The van der Waals surface area contributed by atoms with E-state index in [1.165, 1.54) is 0 Å². The fourth-order valence-electron chi connectivity index (χ4n) is 0.666. The summed E-state index contributed by atoms with van der Waals surface area (Å²) < 4.78 is 5.29. The summed E-state index contributed by atoms with van der Waals surface area (Å²) in [6.45, 7) is 5.39. The quantitative estimate of drug-likeness (QED) is 0.559. The van der Waals surface area contributed by atoms with Crippen molar-refractivity contribution in [2.24, 2.45) is 0 Å². The first-order valence-electron chi connectivity index (χ1n) is 4.11. The van der Waals surface area contributed by atoms with Gasteiger partial charge in [-0.2, -0.15) is 0 Å². The Balaban J connectivity index is 3.05. The minimum atomic E-state index is 0.0274. The van der Waals surface area contributed by atoms with Crippen LogP contribution in [0.1, 0.15) is 20.3 Å². The Morgan fingerprint density at radius 1 is 1.58 bits per heavy atom. The molecule has 0 aliphatic rings. The lowest BCUT2D eigenvalue weighted by atomic mass is 10.4. The maximum absolute atomic E-state index is 10.7. The topological polar surface area (TPSA) is 38.3 Å². The molecule has 3 nitrogen and oxygen atoms in total. The molecule has 0 rings (SSSR count). The molecule has 0 bridgehead atoms. The highest BCUT2D eigenvalue weighted by Gasteiger charge is 1.96. The maximum Gasteiger partial charge on any atom is 0.230 e. The summed E-state index contributed by atoms with van der Waals surface area (Å²) in [6.07, 6.45) is 1.15. The van der Waals surface area contributed by atoms with E-state index in [0.717, 1.165) is 6.42 Å². The Morgan fingerprint density at radius 2 is 2.25 bits per heavy atom. The summed E-state index contributed by atoms with van der Waals surface area (Å²) in [5, 5.41) is 3.11. The van der Waals surface area contributed by atoms with Gasteiger partial charge >= 0.3 is 0 Å². The van der Waals surface area contributed by atoms with Crippen molar-refractivity contribution in [2.75, 3.05) is 18.5 Å². The highest BCUT2D eigenvalue weighted by molar-refractivity contribution is 9.09. The van der Waals surface area contributed by atoms with Crippen LogP contribution in [0.25, 0.3) is 0 Å². The molecule has 12 heavy (non-hydrogen) atoms. The molecule has 0 aromatic carbocycles. The molecular weight excluding hydrogens is 222 g/mol. The normalized spacial score (nSPS) is 10.3. The average molecular weight is 238 g/mol. The van der Waals surface area contributed by atoms with Gasteiger partial charge < -0.3 is 10.1 Å². The van der Waals surface area contributed by atoms with E-state index in [0.29, 0.717) is 18.5 Å². The van der Waals surface area contributed by atoms with Crippen LogP contribution >= 0.6 is 15.9 Å². The van der Waals surface area contributed by atoms with Gasteiger partial charge in [0.15, 0.2) is 0 Å². The molecular formula is C8H16BrNO2. The van der Waals surface area contributed by atoms with Gasteiger partial charge in [-0.1, -0.05) is 15.9 Å². The van der Waals surface area contributed by atoms with Gasteiger partial charge in [-0.15, -0.1) is 0 Å². The highest BCUT2D eigenvalue weighted by Crippen LogP contribution is 1.89. The Hall–Kier alpha value is -0.0900. The van der Waals surface area contributed by atoms with Crippen LogP contribution in [0.15, 0.2) is 0 Å². The molecule has 0 aliphatic heterocycles. The van der Waals surface area contributed by atoms with Gasteiger partial charge in [-0.3, -0.25) is 4.79 Å². The average Bonchev–Trinajstić information content (AvgIpc) is 2.03. The molecule has 0 aromatic rings. The van der Waals surface area contributed by atoms with Crippen molar-refractivity contribution in [1.82, 2.24) is 5.32 Å². The van der Waals surface area contributed by atoms with Crippen molar-refractivity contribution >= 4 is 21.8 Å². The monoisotopic (exact) mass is 237 g/mol. The first kappa shape index (κ1) is 11.9. The molecule has 0 aliphatic carbocycles. The summed E-state index contributed by atoms with van der Waals surface area (Å²) in [7, 11) is 0. The van der Waals surface area contributed by atoms with E-state index in [2.05, 4.69) is 21.2 Å². The molecule has 0 aromatic heterocycles. The number of nitrogens with one attached hydrogen (secondary N) is 1. The standard InChI is InChI=1S/C8H16BrNO2/c1-7(2)12-5-3-4-10-8(11)6-9/h7H,3-6H2,1-2H3,(H,10,11). The lowest BCUT2D eigenvalue weighted by Gasteiger charge is -2.07. The summed E-state index contributed by atoms with van der Waals surface area (Å²) in [5.41, 5.74) is 0. The van der Waals surface area contributed by atoms with Gasteiger partial charge in [0.1, 0.15) is 0 Å². The molecule has 0 atom stereocenters. The number of carbonyl (C=O) groups is 1.